The lowest BCUT2D eigenvalue weighted by Gasteiger charge is -2.45. The van der Waals surface area contributed by atoms with E-state index in [9.17, 15) is 0 Å². The number of rotatable bonds is 5. The first-order valence-electron chi connectivity index (χ1n) is 26.9. The topological polar surface area (TPSA) is 29.5 Å². The summed E-state index contributed by atoms with van der Waals surface area (Å²) < 4.78 is 13.6. The Labute approximate surface area is 450 Å². The maximum absolute atomic E-state index is 6.82. The molecule has 0 saturated heterocycles. The number of hydrogen-bond acceptors (Lipinski definition) is 3. The molecule has 3 heteroatoms. The van der Waals surface area contributed by atoms with Gasteiger partial charge in [-0.2, -0.15) is 0 Å². The lowest BCUT2D eigenvalue weighted by Crippen LogP contribution is -2.36. The van der Waals surface area contributed by atoms with E-state index in [0.717, 1.165) is 94.3 Å². The molecule has 1 aliphatic carbocycles. The lowest BCUT2D eigenvalue weighted by atomic mass is 9.63. The predicted octanol–water partition coefficient (Wildman–Crippen LogP) is 20.6. The Bertz CT molecular complexity index is 4700. The van der Waals surface area contributed by atoms with Crippen LogP contribution >= 0.6 is 0 Å². The van der Waals surface area contributed by atoms with Gasteiger partial charge in [0.05, 0.1) is 16.8 Å². The minimum Gasteiger partial charge on any atom is -0.455 e. The van der Waals surface area contributed by atoms with Crippen molar-refractivity contribution in [2.45, 2.75) is 5.41 Å². The highest BCUT2D eigenvalue weighted by Gasteiger charge is 2.52. The van der Waals surface area contributed by atoms with Crippen LogP contribution < -0.4 is 4.90 Å². The van der Waals surface area contributed by atoms with Crippen LogP contribution in [0.1, 0.15) is 22.3 Å². The van der Waals surface area contributed by atoms with Gasteiger partial charge in [0.15, 0.2) is 0 Å². The van der Waals surface area contributed by atoms with Crippen LogP contribution in [0.3, 0.4) is 0 Å². The normalized spacial score (nSPS) is 13.2. The van der Waals surface area contributed by atoms with Crippen molar-refractivity contribution in [1.82, 2.24) is 0 Å². The van der Waals surface area contributed by atoms with Gasteiger partial charge in [-0.25, -0.2) is 0 Å². The fourth-order valence-corrected chi connectivity index (χ4v) is 13.9. The summed E-state index contributed by atoms with van der Waals surface area (Å²) in [6.45, 7) is 0. The van der Waals surface area contributed by atoms with Crippen LogP contribution in [-0.2, 0) is 5.41 Å². The van der Waals surface area contributed by atoms with Crippen molar-refractivity contribution in [3.8, 4) is 55.6 Å². The molecule has 0 N–H and O–H groups in total. The molecule has 17 rings (SSSR count). The van der Waals surface area contributed by atoms with E-state index >= 15 is 0 Å². The molecule has 13 aromatic carbocycles. The van der Waals surface area contributed by atoms with Crippen molar-refractivity contribution in [1.29, 1.82) is 0 Å². The van der Waals surface area contributed by atoms with E-state index in [0.29, 0.717) is 0 Å². The van der Waals surface area contributed by atoms with Gasteiger partial charge in [0, 0.05) is 38.4 Å². The molecular formula is C75H45NO2. The van der Waals surface area contributed by atoms with Gasteiger partial charge in [-0.1, -0.05) is 224 Å². The zero-order valence-corrected chi connectivity index (χ0v) is 42.2. The second-order valence-corrected chi connectivity index (χ2v) is 21.0. The first-order valence-corrected chi connectivity index (χ1v) is 26.9. The molecule has 3 heterocycles. The molecule has 2 aromatic heterocycles. The Hall–Kier alpha value is -10.2. The Morgan fingerprint density at radius 3 is 1.19 bits per heavy atom. The summed E-state index contributed by atoms with van der Waals surface area (Å²) in [5.74, 6) is 0. The van der Waals surface area contributed by atoms with Crippen LogP contribution in [0.25, 0.3) is 121 Å². The van der Waals surface area contributed by atoms with E-state index in [1.807, 2.05) is 0 Å². The average molecular weight is 992 g/mol. The molecule has 3 nitrogen and oxygen atoms in total. The lowest BCUT2D eigenvalue weighted by molar-refractivity contribution is 0.669. The number of furan rings is 2. The summed E-state index contributed by atoms with van der Waals surface area (Å²) >= 11 is 0. The van der Waals surface area contributed by atoms with E-state index in [1.54, 1.807) is 0 Å². The molecule has 362 valence electrons. The van der Waals surface area contributed by atoms with E-state index in [-0.39, 0.29) is 0 Å². The Balaban J connectivity index is 0.989. The van der Waals surface area contributed by atoms with Crippen LogP contribution in [0, 0.1) is 0 Å². The number of benzene rings is 13. The van der Waals surface area contributed by atoms with E-state index < -0.39 is 5.41 Å². The third kappa shape index (κ3) is 5.93. The number of fused-ring (bicyclic) bond motifs is 17. The second-order valence-electron chi connectivity index (χ2n) is 21.0. The molecule has 0 atom stereocenters. The molecule has 1 spiro atoms. The summed E-state index contributed by atoms with van der Waals surface area (Å²) in [7, 11) is 0. The molecule has 0 saturated carbocycles. The predicted molar refractivity (Wildman–Crippen MR) is 323 cm³/mol. The molecule has 0 bridgehead atoms. The van der Waals surface area contributed by atoms with E-state index in [2.05, 4.69) is 278 Å². The summed E-state index contributed by atoms with van der Waals surface area (Å²) in [5.41, 5.74) is 22.7. The van der Waals surface area contributed by atoms with Gasteiger partial charge < -0.3 is 13.7 Å². The Kier molecular flexibility index (Phi) is 9.05. The molecule has 2 aliphatic rings. The van der Waals surface area contributed by atoms with Crippen molar-refractivity contribution >= 4 is 82.5 Å². The highest BCUT2D eigenvalue weighted by molar-refractivity contribution is 6.15. The highest BCUT2D eigenvalue weighted by Crippen LogP contribution is 2.65. The number of hydrogen-bond donors (Lipinski definition) is 0. The molecule has 1 aliphatic heterocycles. The Morgan fingerprint density at radius 2 is 0.679 bits per heavy atom. The van der Waals surface area contributed by atoms with Crippen molar-refractivity contribution in [3.05, 3.63) is 295 Å². The van der Waals surface area contributed by atoms with Crippen molar-refractivity contribution in [3.63, 3.8) is 0 Å². The quantitative estimate of drug-likeness (QED) is 0.172. The smallest absolute Gasteiger partial charge is 0.143 e. The molecular weight excluding hydrogens is 947 g/mol. The summed E-state index contributed by atoms with van der Waals surface area (Å²) in [4.78, 5) is 2.51. The zero-order valence-electron chi connectivity index (χ0n) is 42.2. The van der Waals surface area contributed by atoms with Crippen LogP contribution in [-0.4, -0.2) is 0 Å². The standard InChI is InChI=1S/C75H45NO2/c1-2-20-50(21-3-1)76-67-42-38-48(71-51-22-6-4-18-46(51)36-40-57(71)61-30-16-28-59-55-26-10-14-34-69(55)77-73(59)61)44-65(67)75(63-32-12-8-24-53(63)54-25-9-13-33-64(54)75)66-45-49(39-43-68(66)76)72-52-23-7-5-19-47(52)37-41-58(72)62-31-17-29-60-56-27-11-15-35-70(56)78-74(60)62/h1-45H. The number of para-hydroxylation sites is 5. The SMILES string of the molecule is c1ccc(N2c3ccc(-c4c(-c5cccc6c5oc5ccccc56)ccc5ccccc45)cc3C3(c4ccccc4-c4ccccc43)c3cc(-c4c(-c5cccc6c5oc5ccccc56)ccc5ccccc45)ccc32)cc1. The maximum Gasteiger partial charge on any atom is 0.143 e. The highest BCUT2D eigenvalue weighted by atomic mass is 16.3. The molecule has 0 fully saturated rings. The van der Waals surface area contributed by atoms with Crippen molar-refractivity contribution in [2.75, 3.05) is 4.90 Å². The van der Waals surface area contributed by atoms with E-state index in [1.165, 1.54) is 66.1 Å². The third-order valence-electron chi connectivity index (χ3n) is 17.1. The molecule has 0 amide bonds. The van der Waals surface area contributed by atoms with Crippen molar-refractivity contribution in [2.24, 2.45) is 0 Å². The summed E-state index contributed by atoms with van der Waals surface area (Å²) in [6, 6.07) is 101. The second kappa shape index (κ2) is 16.4. The van der Waals surface area contributed by atoms with E-state index in [4.69, 9.17) is 8.83 Å². The fourth-order valence-electron chi connectivity index (χ4n) is 13.9. The molecule has 0 radical (unpaired) electrons. The minimum atomic E-state index is -0.748. The van der Waals surface area contributed by atoms with Gasteiger partial charge >= 0.3 is 0 Å². The van der Waals surface area contributed by atoms with Crippen LogP contribution in [0.2, 0.25) is 0 Å². The first-order chi connectivity index (χ1) is 38.7. The first kappa shape index (κ1) is 43.1. The maximum atomic E-state index is 6.82. The largest absolute Gasteiger partial charge is 0.455 e. The van der Waals surface area contributed by atoms with Gasteiger partial charge in [-0.15, -0.1) is 0 Å². The molecule has 15 aromatic rings. The molecule has 0 unspecified atom stereocenters. The summed E-state index contributed by atoms with van der Waals surface area (Å²) in [6.07, 6.45) is 0. The van der Waals surface area contributed by atoms with Gasteiger partial charge in [-0.05, 0) is 137 Å². The third-order valence-corrected chi connectivity index (χ3v) is 17.1. The fraction of sp³-hybridized carbons (Fsp3) is 0.0133. The average Bonchev–Trinajstić information content (AvgIpc) is 3.50. The van der Waals surface area contributed by atoms with Crippen LogP contribution in [0.15, 0.2) is 282 Å². The minimum absolute atomic E-state index is 0.748. The zero-order chi connectivity index (χ0) is 51.1. The summed E-state index contributed by atoms with van der Waals surface area (Å²) in [5, 5.41) is 9.20. The molecule has 78 heavy (non-hydrogen) atoms. The van der Waals surface area contributed by atoms with Crippen LogP contribution in [0.5, 0.6) is 0 Å². The van der Waals surface area contributed by atoms with Gasteiger partial charge in [0.1, 0.15) is 22.3 Å². The monoisotopic (exact) mass is 991 g/mol. The van der Waals surface area contributed by atoms with Gasteiger partial charge in [-0.3, -0.25) is 0 Å². The van der Waals surface area contributed by atoms with Gasteiger partial charge in [0.25, 0.3) is 0 Å². The number of anilines is 3. The van der Waals surface area contributed by atoms with Crippen molar-refractivity contribution < 1.29 is 8.83 Å². The number of nitrogens with zero attached hydrogens (tertiary/aromatic N) is 1. The van der Waals surface area contributed by atoms with Crippen LogP contribution in [0.4, 0.5) is 17.1 Å². The Morgan fingerprint density at radius 1 is 0.269 bits per heavy atom. The van der Waals surface area contributed by atoms with Gasteiger partial charge in [0.2, 0.25) is 0 Å².